The SMILES string of the molecule is O=c1cccc2n1CC[n+]1ccccc1-2.[Cl-]. The van der Waals surface area contributed by atoms with Crippen LogP contribution in [0.15, 0.2) is 47.4 Å². The summed E-state index contributed by atoms with van der Waals surface area (Å²) in [6, 6.07) is 11.5. The fourth-order valence-electron chi connectivity index (χ4n) is 2.09. The Hall–Kier alpha value is -1.61. The molecule has 2 aromatic rings. The first-order chi connectivity index (χ1) is 7.36. The van der Waals surface area contributed by atoms with Gasteiger partial charge in [-0.1, -0.05) is 6.07 Å². The number of pyridine rings is 2. The van der Waals surface area contributed by atoms with Crippen molar-refractivity contribution in [1.82, 2.24) is 4.57 Å². The van der Waals surface area contributed by atoms with Gasteiger partial charge in [-0.05, 0) is 12.1 Å². The molecule has 0 spiro atoms. The van der Waals surface area contributed by atoms with Gasteiger partial charge in [0.05, 0.1) is 6.54 Å². The molecular formula is C12H11ClN2O. The van der Waals surface area contributed by atoms with Crippen LogP contribution in [-0.4, -0.2) is 4.57 Å². The molecule has 3 rings (SSSR count). The maximum Gasteiger partial charge on any atom is 0.251 e. The Morgan fingerprint density at radius 1 is 1.12 bits per heavy atom. The minimum atomic E-state index is 0. The third kappa shape index (κ3) is 1.53. The summed E-state index contributed by atoms with van der Waals surface area (Å²) in [5, 5.41) is 0. The van der Waals surface area contributed by atoms with E-state index in [4.69, 9.17) is 0 Å². The number of hydrogen-bond donors (Lipinski definition) is 0. The van der Waals surface area contributed by atoms with Crippen LogP contribution in [0.4, 0.5) is 0 Å². The highest BCUT2D eigenvalue weighted by atomic mass is 35.5. The molecule has 0 atom stereocenters. The Balaban J connectivity index is 0.000000963. The standard InChI is InChI=1S/C12H11N2O.ClH/c15-12-6-3-5-11-10-4-1-2-7-13(10)8-9-14(11)12;/h1-7H,8-9H2;1H/q+1;/p-1. The molecule has 0 N–H and O–H groups in total. The molecule has 0 radical (unpaired) electrons. The van der Waals surface area contributed by atoms with Crippen LogP contribution >= 0.6 is 0 Å². The monoisotopic (exact) mass is 234 g/mol. The molecule has 82 valence electrons. The maximum absolute atomic E-state index is 11.6. The molecule has 0 aromatic carbocycles. The fourth-order valence-corrected chi connectivity index (χ4v) is 2.09. The molecular weight excluding hydrogens is 224 g/mol. The van der Waals surface area contributed by atoms with E-state index in [-0.39, 0.29) is 18.0 Å². The zero-order valence-corrected chi connectivity index (χ0v) is 9.39. The lowest BCUT2D eigenvalue weighted by atomic mass is 10.2. The van der Waals surface area contributed by atoms with Gasteiger partial charge in [-0.15, -0.1) is 0 Å². The van der Waals surface area contributed by atoms with Gasteiger partial charge in [0.2, 0.25) is 5.69 Å². The second-order valence-electron chi connectivity index (χ2n) is 3.68. The largest absolute Gasteiger partial charge is 1.00 e. The summed E-state index contributed by atoms with van der Waals surface area (Å²) in [5.41, 5.74) is 2.21. The van der Waals surface area contributed by atoms with Gasteiger partial charge in [0.1, 0.15) is 5.69 Å². The third-order valence-electron chi connectivity index (χ3n) is 2.82. The molecule has 3 heterocycles. The number of nitrogens with zero attached hydrogens (tertiary/aromatic N) is 2. The molecule has 1 aliphatic rings. The molecule has 4 heteroatoms. The zero-order valence-electron chi connectivity index (χ0n) is 8.64. The number of halogens is 1. The lowest BCUT2D eigenvalue weighted by molar-refractivity contribution is -0.690. The van der Waals surface area contributed by atoms with Crippen molar-refractivity contribution >= 4 is 0 Å². The highest BCUT2D eigenvalue weighted by Gasteiger charge is 2.21. The topological polar surface area (TPSA) is 25.9 Å². The second kappa shape index (κ2) is 4.10. The van der Waals surface area contributed by atoms with Gasteiger partial charge in [-0.25, -0.2) is 0 Å². The average molecular weight is 235 g/mol. The van der Waals surface area contributed by atoms with Crippen LogP contribution in [0.3, 0.4) is 0 Å². The first-order valence-corrected chi connectivity index (χ1v) is 5.05. The Labute approximate surface area is 99.4 Å². The van der Waals surface area contributed by atoms with Crippen molar-refractivity contribution in [2.75, 3.05) is 0 Å². The van der Waals surface area contributed by atoms with Crippen LogP contribution < -0.4 is 22.5 Å². The van der Waals surface area contributed by atoms with Gasteiger partial charge in [0.25, 0.3) is 5.56 Å². The minimum absolute atomic E-state index is 0. The quantitative estimate of drug-likeness (QED) is 0.476. The molecule has 3 nitrogen and oxygen atoms in total. The van der Waals surface area contributed by atoms with E-state index in [2.05, 4.69) is 10.8 Å². The molecule has 0 fully saturated rings. The first-order valence-electron chi connectivity index (χ1n) is 5.05. The molecule has 1 aliphatic heterocycles. The van der Waals surface area contributed by atoms with E-state index in [0.29, 0.717) is 0 Å². The predicted octanol–water partition coefficient (Wildman–Crippen LogP) is -2.18. The third-order valence-corrected chi connectivity index (χ3v) is 2.82. The summed E-state index contributed by atoms with van der Waals surface area (Å²) < 4.78 is 4.00. The van der Waals surface area contributed by atoms with Crippen LogP contribution in [0.25, 0.3) is 11.4 Å². The van der Waals surface area contributed by atoms with Gasteiger partial charge in [-0.3, -0.25) is 9.36 Å². The number of hydrogen-bond acceptors (Lipinski definition) is 1. The summed E-state index contributed by atoms with van der Waals surface area (Å²) in [6.45, 7) is 1.63. The summed E-state index contributed by atoms with van der Waals surface area (Å²) in [4.78, 5) is 11.6. The van der Waals surface area contributed by atoms with Gasteiger partial charge >= 0.3 is 0 Å². The fraction of sp³-hybridized carbons (Fsp3) is 0.167. The van der Waals surface area contributed by atoms with Crippen molar-refractivity contribution in [2.45, 2.75) is 13.1 Å². The van der Waals surface area contributed by atoms with E-state index in [0.717, 1.165) is 24.5 Å². The normalized spacial score (nSPS) is 12.2. The average Bonchev–Trinajstić information content (AvgIpc) is 2.29. The Morgan fingerprint density at radius 3 is 2.88 bits per heavy atom. The summed E-state index contributed by atoms with van der Waals surface area (Å²) >= 11 is 0. The highest BCUT2D eigenvalue weighted by Crippen LogP contribution is 2.15. The molecule has 2 aromatic heterocycles. The second-order valence-corrected chi connectivity index (χ2v) is 3.68. The van der Waals surface area contributed by atoms with Crippen molar-refractivity contribution in [3.05, 3.63) is 52.9 Å². The van der Waals surface area contributed by atoms with E-state index in [1.165, 1.54) is 0 Å². The van der Waals surface area contributed by atoms with E-state index < -0.39 is 0 Å². The summed E-state index contributed by atoms with van der Waals surface area (Å²) in [5.74, 6) is 0. The molecule has 0 amide bonds. The molecule has 16 heavy (non-hydrogen) atoms. The smallest absolute Gasteiger partial charge is 0.251 e. The van der Waals surface area contributed by atoms with Gasteiger partial charge < -0.3 is 12.4 Å². The predicted molar refractivity (Wildman–Crippen MR) is 56.3 cm³/mol. The maximum atomic E-state index is 11.6. The Kier molecular flexibility index (Phi) is 2.79. The van der Waals surface area contributed by atoms with E-state index in [1.807, 2.05) is 34.9 Å². The van der Waals surface area contributed by atoms with Crippen LogP contribution in [0.2, 0.25) is 0 Å². The Bertz CT molecular complexity index is 577. The van der Waals surface area contributed by atoms with Crippen molar-refractivity contribution in [3.63, 3.8) is 0 Å². The Morgan fingerprint density at radius 2 is 2.00 bits per heavy atom. The van der Waals surface area contributed by atoms with E-state index in [9.17, 15) is 4.79 Å². The summed E-state index contributed by atoms with van der Waals surface area (Å²) in [6.07, 6.45) is 2.05. The van der Waals surface area contributed by atoms with E-state index >= 15 is 0 Å². The van der Waals surface area contributed by atoms with Crippen molar-refractivity contribution < 1.29 is 17.0 Å². The van der Waals surface area contributed by atoms with Crippen LogP contribution in [0, 0.1) is 0 Å². The molecule has 0 aliphatic carbocycles. The van der Waals surface area contributed by atoms with Crippen LogP contribution in [-0.2, 0) is 13.1 Å². The first kappa shape index (κ1) is 10.9. The van der Waals surface area contributed by atoms with Gasteiger partial charge in [0, 0.05) is 18.2 Å². The molecule has 0 saturated carbocycles. The van der Waals surface area contributed by atoms with Crippen LogP contribution in [0.1, 0.15) is 0 Å². The van der Waals surface area contributed by atoms with Gasteiger partial charge in [-0.2, -0.15) is 4.57 Å². The minimum Gasteiger partial charge on any atom is -1.00 e. The molecule has 0 unspecified atom stereocenters. The van der Waals surface area contributed by atoms with Crippen molar-refractivity contribution in [3.8, 4) is 11.4 Å². The summed E-state index contributed by atoms with van der Waals surface area (Å²) in [7, 11) is 0. The highest BCUT2D eigenvalue weighted by molar-refractivity contribution is 5.51. The number of rotatable bonds is 0. The number of fused-ring (bicyclic) bond motifs is 3. The van der Waals surface area contributed by atoms with Crippen molar-refractivity contribution in [1.29, 1.82) is 0 Å². The number of aryl methyl sites for hydroxylation is 1. The lowest BCUT2D eigenvalue weighted by Crippen LogP contribution is -3.00. The molecule has 0 bridgehead atoms. The van der Waals surface area contributed by atoms with Gasteiger partial charge in [0.15, 0.2) is 12.7 Å². The van der Waals surface area contributed by atoms with E-state index in [1.54, 1.807) is 6.07 Å². The molecule has 0 saturated heterocycles. The van der Waals surface area contributed by atoms with Crippen LogP contribution in [0.5, 0.6) is 0 Å². The zero-order chi connectivity index (χ0) is 10.3. The lowest BCUT2D eigenvalue weighted by Gasteiger charge is -2.15. The number of aromatic nitrogens is 2. The van der Waals surface area contributed by atoms with Crippen molar-refractivity contribution in [2.24, 2.45) is 0 Å².